The number of anilines is 1. The molecule has 3 aromatic heterocycles. The van der Waals surface area contributed by atoms with Crippen LogP contribution in [0.25, 0.3) is 21.1 Å². The van der Waals surface area contributed by atoms with Crippen LogP contribution in [0.5, 0.6) is 5.75 Å². The Balaban J connectivity index is 0.00000256. The van der Waals surface area contributed by atoms with Gasteiger partial charge in [0.25, 0.3) is 5.91 Å². The molecule has 0 aliphatic heterocycles. The van der Waals surface area contributed by atoms with E-state index >= 15 is 0 Å². The molecule has 0 bridgehead atoms. The van der Waals surface area contributed by atoms with E-state index < -0.39 is 5.60 Å². The molecule has 0 saturated carbocycles. The molecule has 0 fully saturated rings. The molecule has 30 heavy (non-hydrogen) atoms. The summed E-state index contributed by atoms with van der Waals surface area (Å²) in [5.41, 5.74) is 1.79. The molecule has 2 N–H and O–H groups in total. The van der Waals surface area contributed by atoms with Crippen molar-refractivity contribution in [2.75, 3.05) is 11.9 Å². The first-order valence-corrected chi connectivity index (χ1v) is 10.0. The number of thiophene rings is 1. The number of aliphatic hydroxyl groups excluding tert-OH is 1. The second-order valence-electron chi connectivity index (χ2n) is 7.22. The fourth-order valence-corrected chi connectivity index (χ4v) is 3.90. The van der Waals surface area contributed by atoms with Crippen molar-refractivity contribution in [1.82, 2.24) is 15.0 Å². The quantitative estimate of drug-likeness (QED) is 0.456. The second kappa shape index (κ2) is 8.91. The van der Waals surface area contributed by atoms with Gasteiger partial charge in [0.2, 0.25) is 0 Å². The van der Waals surface area contributed by atoms with Gasteiger partial charge < -0.3 is 15.2 Å². The third-order valence-corrected chi connectivity index (χ3v) is 5.44. The fourth-order valence-electron chi connectivity index (χ4n) is 3.04. The maximum absolute atomic E-state index is 13.0. The maximum Gasteiger partial charge on any atom is 0.258 e. The van der Waals surface area contributed by atoms with Gasteiger partial charge in [-0.3, -0.25) is 9.78 Å². The molecule has 0 radical (unpaired) electrons. The molecule has 4 rings (SSSR count). The van der Waals surface area contributed by atoms with Crippen molar-refractivity contribution >= 4 is 56.5 Å². The first kappa shape index (κ1) is 21.9. The van der Waals surface area contributed by atoms with Crippen LogP contribution in [0.1, 0.15) is 30.6 Å². The zero-order valence-electron chi connectivity index (χ0n) is 16.5. The Kier molecular flexibility index (Phi) is 6.50. The molecule has 1 amide bonds. The second-order valence-corrected chi connectivity index (χ2v) is 8.13. The number of rotatable bonds is 6. The van der Waals surface area contributed by atoms with Crippen LogP contribution in [0.3, 0.4) is 0 Å². The predicted octanol–water partition coefficient (Wildman–Crippen LogP) is 4.45. The van der Waals surface area contributed by atoms with Crippen LogP contribution in [0, 0.1) is 0 Å². The van der Waals surface area contributed by atoms with E-state index in [1.807, 2.05) is 32.0 Å². The van der Waals surface area contributed by atoms with Gasteiger partial charge >= 0.3 is 0 Å². The SMILES string of the molecule is CC(C)(CCO)Oc1cc2ncccc2cc1NC(=O)c1csc2cncnc12.Cl. The highest BCUT2D eigenvalue weighted by atomic mass is 35.5. The summed E-state index contributed by atoms with van der Waals surface area (Å²) in [6.45, 7) is 3.78. The zero-order chi connectivity index (χ0) is 20.4. The van der Waals surface area contributed by atoms with Crippen molar-refractivity contribution in [3.63, 3.8) is 0 Å². The molecule has 0 atom stereocenters. The molecule has 156 valence electrons. The Morgan fingerprint density at radius 1 is 1.30 bits per heavy atom. The zero-order valence-corrected chi connectivity index (χ0v) is 18.1. The molecule has 0 spiro atoms. The molecule has 0 unspecified atom stereocenters. The molecular formula is C21H21ClN4O3S. The van der Waals surface area contributed by atoms with E-state index in [0.29, 0.717) is 28.9 Å². The third-order valence-electron chi connectivity index (χ3n) is 4.53. The third kappa shape index (κ3) is 4.51. The van der Waals surface area contributed by atoms with E-state index in [0.717, 1.165) is 15.6 Å². The van der Waals surface area contributed by atoms with Gasteiger partial charge in [0.05, 0.1) is 27.0 Å². The smallest absolute Gasteiger partial charge is 0.258 e. The number of pyridine rings is 1. The van der Waals surface area contributed by atoms with Gasteiger partial charge in [0.1, 0.15) is 17.7 Å². The van der Waals surface area contributed by atoms with Crippen molar-refractivity contribution < 1.29 is 14.6 Å². The number of hydrogen-bond acceptors (Lipinski definition) is 7. The predicted molar refractivity (Wildman–Crippen MR) is 121 cm³/mol. The Labute approximate surface area is 183 Å². The Bertz CT molecular complexity index is 1200. The summed E-state index contributed by atoms with van der Waals surface area (Å²) in [5, 5.41) is 14.9. The summed E-state index contributed by atoms with van der Waals surface area (Å²) >= 11 is 1.42. The van der Waals surface area contributed by atoms with E-state index in [-0.39, 0.29) is 24.9 Å². The van der Waals surface area contributed by atoms with Crippen molar-refractivity contribution in [3.05, 3.63) is 53.9 Å². The minimum atomic E-state index is -0.612. The van der Waals surface area contributed by atoms with Gasteiger partial charge in [-0.1, -0.05) is 6.07 Å². The van der Waals surface area contributed by atoms with Crippen LogP contribution < -0.4 is 10.1 Å². The topological polar surface area (TPSA) is 97.2 Å². The van der Waals surface area contributed by atoms with Gasteiger partial charge in [0.15, 0.2) is 0 Å². The van der Waals surface area contributed by atoms with Gasteiger partial charge in [-0.25, -0.2) is 9.97 Å². The van der Waals surface area contributed by atoms with Gasteiger partial charge in [0, 0.05) is 42.3 Å². The number of amides is 1. The van der Waals surface area contributed by atoms with Crippen molar-refractivity contribution in [2.24, 2.45) is 0 Å². The highest BCUT2D eigenvalue weighted by Gasteiger charge is 2.23. The van der Waals surface area contributed by atoms with Crippen LogP contribution in [-0.2, 0) is 0 Å². The summed E-state index contributed by atoms with van der Waals surface area (Å²) in [4.78, 5) is 25.6. The first-order chi connectivity index (χ1) is 14.0. The lowest BCUT2D eigenvalue weighted by molar-refractivity contribution is 0.0770. The average molecular weight is 445 g/mol. The Morgan fingerprint density at radius 3 is 2.93 bits per heavy atom. The maximum atomic E-state index is 13.0. The molecule has 9 heteroatoms. The van der Waals surface area contributed by atoms with Crippen LogP contribution in [0.2, 0.25) is 0 Å². The van der Waals surface area contributed by atoms with Crippen LogP contribution >= 0.6 is 23.7 Å². The van der Waals surface area contributed by atoms with Gasteiger partial charge in [-0.15, -0.1) is 23.7 Å². The fraction of sp³-hybridized carbons (Fsp3) is 0.238. The van der Waals surface area contributed by atoms with Crippen LogP contribution in [0.4, 0.5) is 5.69 Å². The van der Waals surface area contributed by atoms with E-state index in [9.17, 15) is 9.90 Å². The molecule has 0 aliphatic rings. The summed E-state index contributed by atoms with van der Waals surface area (Å²) < 4.78 is 7.00. The summed E-state index contributed by atoms with van der Waals surface area (Å²) in [5.74, 6) is 0.222. The Morgan fingerprint density at radius 2 is 2.13 bits per heavy atom. The number of aliphatic hydroxyl groups is 1. The average Bonchev–Trinajstić information content (AvgIpc) is 3.12. The lowest BCUT2D eigenvalue weighted by atomic mass is 10.1. The highest BCUT2D eigenvalue weighted by Crippen LogP contribution is 2.34. The largest absolute Gasteiger partial charge is 0.486 e. The number of hydrogen-bond donors (Lipinski definition) is 2. The number of halogens is 1. The van der Waals surface area contributed by atoms with E-state index in [1.165, 1.54) is 17.7 Å². The number of fused-ring (bicyclic) bond motifs is 2. The standard InChI is InChI=1S/C21H20N4O3S.ClH/c1-21(2,5-7-26)28-17-9-15-13(4-3-6-23-15)8-16(17)25-20(27)14-11-29-18-10-22-12-24-19(14)18;/h3-4,6,8-12,26H,5,7H2,1-2H3,(H,25,27);1H. The molecule has 7 nitrogen and oxygen atoms in total. The number of nitrogens with one attached hydrogen (secondary N) is 1. The molecule has 0 aliphatic carbocycles. The number of aromatic nitrogens is 3. The summed E-state index contributed by atoms with van der Waals surface area (Å²) in [7, 11) is 0. The van der Waals surface area contributed by atoms with E-state index in [1.54, 1.807) is 23.8 Å². The number of carbonyl (C=O) groups excluding carboxylic acids is 1. The lowest BCUT2D eigenvalue weighted by Crippen LogP contribution is -2.30. The summed E-state index contributed by atoms with van der Waals surface area (Å²) in [6, 6.07) is 7.41. The van der Waals surface area contributed by atoms with Crippen molar-refractivity contribution in [1.29, 1.82) is 0 Å². The van der Waals surface area contributed by atoms with Crippen molar-refractivity contribution in [3.8, 4) is 5.75 Å². The van der Waals surface area contributed by atoms with Gasteiger partial charge in [-0.2, -0.15) is 0 Å². The number of carbonyl (C=O) groups is 1. The highest BCUT2D eigenvalue weighted by molar-refractivity contribution is 7.17. The molecule has 4 aromatic rings. The van der Waals surface area contributed by atoms with Crippen LogP contribution in [-0.4, -0.2) is 38.2 Å². The van der Waals surface area contributed by atoms with Gasteiger partial charge in [-0.05, 0) is 26.0 Å². The van der Waals surface area contributed by atoms with Crippen LogP contribution in [0.15, 0.2) is 48.4 Å². The number of nitrogens with zero attached hydrogens (tertiary/aromatic N) is 3. The van der Waals surface area contributed by atoms with Crippen molar-refractivity contribution in [2.45, 2.75) is 25.9 Å². The molecule has 0 saturated heterocycles. The lowest BCUT2D eigenvalue weighted by Gasteiger charge is -2.27. The minimum Gasteiger partial charge on any atom is -0.486 e. The van der Waals surface area contributed by atoms with E-state index in [2.05, 4.69) is 20.3 Å². The molecular weight excluding hydrogens is 424 g/mol. The monoisotopic (exact) mass is 444 g/mol. The first-order valence-electron chi connectivity index (χ1n) is 9.14. The molecule has 3 heterocycles. The van der Waals surface area contributed by atoms with E-state index in [4.69, 9.17) is 4.74 Å². The summed E-state index contributed by atoms with van der Waals surface area (Å²) in [6.07, 6.45) is 5.28. The Hall–Kier alpha value is -2.81. The minimum absolute atomic E-state index is 0. The normalized spacial score (nSPS) is 11.3. The number of ether oxygens (including phenoxy) is 1. The number of benzene rings is 1. The molecule has 1 aromatic carbocycles.